The average molecular weight is 246 g/mol. The van der Waals surface area contributed by atoms with Gasteiger partial charge in [-0.3, -0.25) is 4.99 Å². The van der Waals surface area contributed by atoms with Crippen molar-refractivity contribution in [2.45, 2.75) is 0 Å². The van der Waals surface area contributed by atoms with Gasteiger partial charge >= 0.3 is 0 Å². The molecule has 0 aliphatic carbocycles. The van der Waals surface area contributed by atoms with Crippen molar-refractivity contribution in [3.8, 4) is 0 Å². The van der Waals surface area contributed by atoms with Gasteiger partial charge in [0.05, 0.1) is 5.69 Å². The van der Waals surface area contributed by atoms with Crippen molar-refractivity contribution in [2.75, 3.05) is 0 Å². The van der Waals surface area contributed by atoms with Crippen LogP contribution >= 0.6 is 15.9 Å². The summed E-state index contributed by atoms with van der Waals surface area (Å²) < 4.78 is 25.9. The summed E-state index contributed by atoms with van der Waals surface area (Å²) in [5.74, 6) is -1.87. The summed E-state index contributed by atoms with van der Waals surface area (Å²) in [6.45, 7) is 6.79. The SMILES string of the molecule is C=Nc1cc(F)c(F)cc1C(=C)Br. The van der Waals surface area contributed by atoms with Gasteiger partial charge in [0.1, 0.15) is 0 Å². The topological polar surface area (TPSA) is 12.4 Å². The van der Waals surface area contributed by atoms with E-state index in [1.807, 2.05) is 0 Å². The molecule has 0 fully saturated rings. The monoisotopic (exact) mass is 245 g/mol. The first-order valence-corrected chi connectivity index (χ1v) is 4.16. The molecule has 0 atom stereocenters. The Kier molecular flexibility index (Phi) is 2.93. The van der Waals surface area contributed by atoms with Gasteiger partial charge in [0.2, 0.25) is 0 Å². The van der Waals surface area contributed by atoms with Gasteiger partial charge in [0.15, 0.2) is 11.6 Å². The van der Waals surface area contributed by atoms with Gasteiger partial charge in [0, 0.05) is 16.1 Å². The fourth-order valence-electron chi connectivity index (χ4n) is 0.884. The Balaban J connectivity index is 3.41. The number of hydrogen-bond acceptors (Lipinski definition) is 1. The van der Waals surface area contributed by atoms with Crippen molar-refractivity contribution in [3.63, 3.8) is 0 Å². The second-order valence-corrected chi connectivity index (χ2v) is 3.30. The summed E-state index contributed by atoms with van der Waals surface area (Å²) in [6, 6.07) is 2.00. The molecule has 0 heterocycles. The molecule has 0 spiro atoms. The predicted molar refractivity (Wildman–Crippen MR) is 53.5 cm³/mol. The van der Waals surface area contributed by atoms with Crippen LogP contribution < -0.4 is 0 Å². The number of rotatable bonds is 2. The lowest BCUT2D eigenvalue weighted by Gasteiger charge is -2.03. The van der Waals surface area contributed by atoms with E-state index in [-0.39, 0.29) is 5.69 Å². The molecule has 0 amide bonds. The van der Waals surface area contributed by atoms with Gasteiger partial charge in [0.25, 0.3) is 0 Å². The van der Waals surface area contributed by atoms with Crippen molar-refractivity contribution in [3.05, 3.63) is 35.9 Å². The zero-order valence-electron chi connectivity index (χ0n) is 6.65. The lowest BCUT2D eigenvalue weighted by Crippen LogP contribution is -1.87. The van der Waals surface area contributed by atoms with Crippen LogP contribution in [-0.4, -0.2) is 6.72 Å². The molecule has 0 aliphatic rings. The van der Waals surface area contributed by atoms with E-state index in [9.17, 15) is 8.78 Å². The number of halogens is 3. The van der Waals surface area contributed by atoms with Crippen LogP contribution in [0.15, 0.2) is 23.7 Å². The van der Waals surface area contributed by atoms with E-state index in [1.165, 1.54) is 0 Å². The highest BCUT2D eigenvalue weighted by Crippen LogP contribution is 2.30. The van der Waals surface area contributed by atoms with Gasteiger partial charge in [-0.1, -0.05) is 22.5 Å². The van der Waals surface area contributed by atoms with E-state index in [0.717, 1.165) is 12.1 Å². The molecule has 0 aliphatic heterocycles. The Bertz CT molecular complexity index is 374. The molecule has 13 heavy (non-hydrogen) atoms. The third-order valence-corrected chi connectivity index (χ3v) is 1.93. The maximum Gasteiger partial charge on any atom is 0.161 e. The molecule has 0 saturated heterocycles. The Hall–Kier alpha value is -1.03. The number of benzene rings is 1. The van der Waals surface area contributed by atoms with Crippen LogP contribution in [0.3, 0.4) is 0 Å². The first-order valence-electron chi connectivity index (χ1n) is 3.37. The Morgan fingerprint density at radius 3 is 2.31 bits per heavy atom. The minimum absolute atomic E-state index is 0.265. The summed E-state index contributed by atoms with van der Waals surface area (Å²) in [7, 11) is 0. The summed E-state index contributed by atoms with van der Waals surface area (Å²) in [4.78, 5) is 3.55. The number of aliphatic imine (C=N–C) groups is 1. The molecule has 0 unspecified atom stereocenters. The average Bonchev–Trinajstić information content (AvgIpc) is 2.08. The highest BCUT2D eigenvalue weighted by Gasteiger charge is 2.09. The molecular formula is C9H6BrF2N. The van der Waals surface area contributed by atoms with E-state index < -0.39 is 11.6 Å². The molecule has 1 rings (SSSR count). The Morgan fingerprint density at radius 2 is 1.85 bits per heavy atom. The molecule has 1 aromatic carbocycles. The van der Waals surface area contributed by atoms with Crippen LogP contribution in [-0.2, 0) is 0 Å². The molecule has 1 nitrogen and oxygen atoms in total. The van der Waals surface area contributed by atoms with Crippen LogP contribution in [0.5, 0.6) is 0 Å². The van der Waals surface area contributed by atoms with E-state index in [1.54, 1.807) is 0 Å². The standard InChI is InChI=1S/C9H6BrF2N/c1-5(10)6-3-7(11)8(12)4-9(6)13-2/h3-4H,1-2H2. The molecule has 0 radical (unpaired) electrons. The van der Waals surface area contributed by atoms with Gasteiger partial charge in [-0.05, 0) is 12.8 Å². The van der Waals surface area contributed by atoms with E-state index in [2.05, 4.69) is 34.2 Å². The highest BCUT2D eigenvalue weighted by atomic mass is 79.9. The number of hydrogen-bond donors (Lipinski definition) is 0. The van der Waals surface area contributed by atoms with Crippen LogP contribution in [0.25, 0.3) is 4.48 Å². The van der Waals surface area contributed by atoms with E-state index in [4.69, 9.17) is 0 Å². The first kappa shape index (κ1) is 10.1. The quantitative estimate of drug-likeness (QED) is 0.706. The highest BCUT2D eigenvalue weighted by molar-refractivity contribution is 9.15. The van der Waals surface area contributed by atoms with Crippen molar-refractivity contribution in [2.24, 2.45) is 4.99 Å². The van der Waals surface area contributed by atoms with Crippen molar-refractivity contribution in [1.29, 1.82) is 0 Å². The van der Waals surface area contributed by atoms with Crippen LogP contribution in [0.1, 0.15) is 5.56 Å². The summed E-state index contributed by atoms with van der Waals surface area (Å²) in [6.07, 6.45) is 0. The molecule has 1 aromatic rings. The first-order chi connectivity index (χ1) is 6.06. The van der Waals surface area contributed by atoms with Crippen LogP contribution in [0.2, 0.25) is 0 Å². The number of nitrogens with zero attached hydrogens (tertiary/aromatic N) is 1. The van der Waals surface area contributed by atoms with Crippen LogP contribution in [0.4, 0.5) is 14.5 Å². The molecule has 0 bridgehead atoms. The van der Waals surface area contributed by atoms with Crippen LogP contribution in [0, 0.1) is 11.6 Å². The lowest BCUT2D eigenvalue weighted by molar-refractivity contribution is 0.508. The molecule has 4 heteroatoms. The second-order valence-electron chi connectivity index (χ2n) is 2.35. The van der Waals surface area contributed by atoms with E-state index >= 15 is 0 Å². The van der Waals surface area contributed by atoms with Gasteiger partial charge in [-0.25, -0.2) is 8.78 Å². The van der Waals surface area contributed by atoms with Crippen molar-refractivity contribution in [1.82, 2.24) is 0 Å². The third kappa shape index (κ3) is 2.01. The molecule has 0 aromatic heterocycles. The summed E-state index contributed by atoms with van der Waals surface area (Å²) in [5, 5.41) is 0. The zero-order valence-corrected chi connectivity index (χ0v) is 8.24. The van der Waals surface area contributed by atoms with E-state index in [0.29, 0.717) is 10.0 Å². The largest absolute Gasteiger partial charge is 0.264 e. The molecule has 0 saturated carbocycles. The van der Waals surface area contributed by atoms with Crippen molar-refractivity contribution >= 4 is 32.8 Å². The summed E-state index contributed by atoms with van der Waals surface area (Å²) >= 11 is 3.06. The van der Waals surface area contributed by atoms with Gasteiger partial charge in [-0.15, -0.1) is 0 Å². The molecular weight excluding hydrogens is 240 g/mol. The minimum atomic E-state index is -0.945. The molecule has 0 N–H and O–H groups in total. The van der Waals surface area contributed by atoms with Crippen molar-refractivity contribution < 1.29 is 8.78 Å². The summed E-state index contributed by atoms with van der Waals surface area (Å²) in [5.41, 5.74) is 0.662. The smallest absolute Gasteiger partial charge is 0.161 e. The Labute approximate surface area is 82.9 Å². The Morgan fingerprint density at radius 1 is 1.31 bits per heavy atom. The molecule has 68 valence electrons. The second kappa shape index (κ2) is 3.79. The minimum Gasteiger partial charge on any atom is -0.264 e. The van der Waals surface area contributed by atoms with Gasteiger partial charge in [-0.2, -0.15) is 0 Å². The fraction of sp³-hybridized carbons (Fsp3) is 0. The fourth-order valence-corrected chi connectivity index (χ4v) is 1.20. The maximum atomic E-state index is 12.8. The zero-order chi connectivity index (χ0) is 10.0. The third-order valence-electron chi connectivity index (χ3n) is 1.50. The predicted octanol–water partition coefficient (Wildman–Crippen LogP) is 3.66. The van der Waals surface area contributed by atoms with Gasteiger partial charge < -0.3 is 0 Å². The normalized spacial score (nSPS) is 9.77. The lowest BCUT2D eigenvalue weighted by atomic mass is 10.1. The maximum absolute atomic E-state index is 12.8.